The van der Waals surface area contributed by atoms with Gasteiger partial charge in [-0.2, -0.15) is 0 Å². The Morgan fingerprint density at radius 2 is 1.93 bits per heavy atom. The molecule has 0 spiro atoms. The van der Waals surface area contributed by atoms with Gasteiger partial charge in [0.25, 0.3) is 0 Å². The Morgan fingerprint density at radius 3 is 2.57 bits per heavy atom. The fourth-order valence-electron chi connectivity index (χ4n) is 2.00. The Balaban J connectivity index is 2.31. The lowest BCUT2D eigenvalue weighted by Gasteiger charge is -2.20. The van der Waals surface area contributed by atoms with E-state index in [4.69, 9.17) is 4.74 Å². The van der Waals surface area contributed by atoms with Crippen LogP contribution in [0, 0.1) is 6.92 Å². The minimum Gasteiger partial charge on any atom is -0.495 e. The average Bonchev–Trinajstić information content (AvgIpc) is 2.70. The molecule has 1 aromatic rings. The van der Waals surface area contributed by atoms with Crippen LogP contribution in [0.15, 0.2) is 18.2 Å². The van der Waals surface area contributed by atoms with Crippen molar-refractivity contribution in [3.8, 4) is 5.75 Å². The molecule has 0 N–H and O–H groups in total. The molecule has 1 aliphatic rings. The van der Waals surface area contributed by atoms with Gasteiger partial charge in [0.1, 0.15) is 5.75 Å². The number of hydrogen-bond acceptors (Lipinski definition) is 2. The van der Waals surface area contributed by atoms with Crippen LogP contribution in [0.1, 0.15) is 18.4 Å². The van der Waals surface area contributed by atoms with Crippen molar-refractivity contribution in [2.75, 3.05) is 25.1 Å². The lowest BCUT2D eigenvalue weighted by atomic mass is 10.2. The van der Waals surface area contributed by atoms with Crippen molar-refractivity contribution in [1.82, 2.24) is 0 Å². The number of rotatable bonds is 2. The predicted octanol–water partition coefficient (Wildman–Crippen LogP) is 2.60. The van der Waals surface area contributed by atoms with Gasteiger partial charge in [0.2, 0.25) is 0 Å². The first kappa shape index (κ1) is 9.38. The van der Waals surface area contributed by atoms with Crippen LogP contribution in [-0.4, -0.2) is 20.2 Å². The summed E-state index contributed by atoms with van der Waals surface area (Å²) in [6.07, 6.45) is 2.61. The van der Waals surface area contributed by atoms with E-state index in [-0.39, 0.29) is 0 Å². The molecule has 0 amide bonds. The third-order valence-electron chi connectivity index (χ3n) is 2.78. The smallest absolute Gasteiger partial charge is 0.142 e. The molecule has 1 heterocycles. The maximum absolute atomic E-state index is 5.40. The number of nitrogens with zero attached hydrogens (tertiary/aromatic N) is 1. The summed E-state index contributed by atoms with van der Waals surface area (Å²) in [4.78, 5) is 2.40. The first-order chi connectivity index (χ1) is 6.81. The van der Waals surface area contributed by atoms with E-state index in [9.17, 15) is 0 Å². The van der Waals surface area contributed by atoms with Crippen LogP contribution < -0.4 is 9.64 Å². The highest BCUT2D eigenvalue weighted by Gasteiger charge is 2.15. The quantitative estimate of drug-likeness (QED) is 0.712. The summed E-state index contributed by atoms with van der Waals surface area (Å²) in [5.74, 6) is 1.01. The van der Waals surface area contributed by atoms with E-state index < -0.39 is 0 Å². The van der Waals surface area contributed by atoms with Crippen molar-refractivity contribution in [2.45, 2.75) is 19.8 Å². The van der Waals surface area contributed by atoms with Crippen LogP contribution in [-0.2, 0) is 0 Å². The van der Waals surface area contributed by atoms with Crippen LogP contribution in [0.2, 0.25) is 0 Å². The molecule has 14 heavy (non-hydrogen) atoms. The molecule has 0 atom stereocenters. The van der Waals surface area contributed by atoms with Gasteiger partial charge in [-0.1, -0.05) is 6.07 Å². The van der Waals surface area contributed by atoms with Crippen LogP contribution in [0.5, 0.6) is 5.75 Å². The SMILES string of the molecule is COc1cc(C)ccc1N1CCCC1. The molecule has 76 valence electrons. The Kier molecular flexibility index (Phi) is 2.62. The molecule has 2 nitrogen and oxygen atoms in total. The molecule has 0 radical (unpaired) electrons. The molecule has 0 aromatic heterocycles. The molecular weight excluding hydrogens is 174 g/mol. The van der Waals surface area contributed by atoms with Crippen molar-refractivity contribution < 1.29 is 4.74 Å². The van der Waals surface area contributed by atoms with Gasteiger partial charge in [-0.3, -0.25) is 0 Å². The van der Waals surface area contributed by atoms with Crippen molar-refractivity contribution in [3.05, 3.63) is 23.8 Å². The predicted molar refractivity (Wildman–Crippen MR) is 59.2 cm³/mol. The standard InChI is InChI=1S/C12H17NO/c1-10-5-6-11(12(9-10)14-2)13-7-3-4-8-13/h5-6,9H,3-4,7-8H2,1-2H3. The number of aryl methyl sites for hydroxylation is 1. The fraction of sp³-hybridized carbons (Fsp3) is 0.500. The lowest BCUT2D eigenvalue weighted by Crippen LogP contribution is -2.18. The van der Waals surface area contributed by atoms with Crippen LogP contribution >= 0.6 is 0 Å². The third-order valence-corrected chi connectivity index (χ3v) is 2.78. The van der Waals surface area contributed by atoms with Crippen LogP contribution in [0.25, 0.3) is 0 Å². The summed E-state index contributed by atoms with van der Waals surface area (Å²) in [6.45, 7) is 4.43. The minimum atomic E-state index is 1.01. The normalized spacial score (nSPS) is 16.0. The zero-order valence-electron chi connectivity index (χ0n) is 8.92. The molecule has 1 aliphatic heterocycles. The Hall–Kier alpha value is -1.18. The molecule has 1 saturated heterocycles. The molecule has 0 bridgehead atoms. The second kappa shape index (κ2) is 3.91. The lowest BCUT2D eigenvalue weighted by molar-refractivity contribution is 0.414. The summed E-state index contributed by atoms with van der Waals surface area (Å²) >= 11 is 0. The monoisotopic (exact) mass is 191 g/mol. The number of anilines is 1. The Labute approximate surface area is 85.5 Å². The number of methoxy groups -OCH3 is 1. The van der Waals surface area contributed by atoms with Crippen LogP contribution in [0.3, 0.4) is 0 Å². The summed E-state index contributed by atoms with van der Waals surface area (Å²) in [5.41, 5.74) is 2.50. The largest absolute Gasteiger partial charge is 0.495 e. The van der Waals surface area contributed by atoms with E-state index in [1.54, 1.807) is 7.11 Å². The first-order valence-electron chi connectivity index (χ1n) is 5.21. The zero-order chi connectivity index (χ0) is 9.97. The molecular formula is C12H17NO. The molecule has 0 saturated carbocycles. The molecule has 2 rings (SSSR count). The third kappa shape index (κ3) is 1.69. The van der Waals surface area contributed by atoms with E-state index in [1.807, 2.05) is 0 Å². The number of benzene rings is 1. The minimum absolute atomic E-state index is 1.01. The molecule has 0 unspecified atom stereocenters. The summed E-state index contributed by atoms with van der Waals surface area (Å²) in [5, 5.41) is 0. The van der Waals surface area contributed by atoms with Gasteiger partial charge in [0, 0.05) is 13.1 Å². The van der Waals surface area contributed by atoms with Crippen LogP contribution in [0.4, 0.5) is 5.69 Å². The zero-order valence-corrected chi connectivity index (χ0v) is 8.92. The van der Waals surface area contributed by atoms with E-state index >= 15 is 0 Å². The second-order valence-corrected chi connectivity index (χ2v) is 3.87. The van der Waals surface area contributed by atoms with Gasteiger partial charge >= 0.3 is 0 Å². The Bertz CT molecular complexity index is 316. The fourth-order valence-corrected chi connectivity index (χ4v) is 2.00. The molecule has 2 heteroatoms. The van der Waals surface area contributed by atoms with E-state index in [1.165, 1.54) is 37.2 Å². The Morgan fingerprint density at radius 1 is 1.21 bits per heavy atom. The van der Waals surface area contributed by atoms with Crippen molar-refractivity contribution >= 4 is 5.69 Å². The molecule has 0 aliphatic carbocycles. The van der Waals surface area contributed by atoms with Crippen molar-refractivity contribution in [2.24, 2.45) is 0 Å². The van der Waals surface area contributed by atoms with E-state index in [0.29, 0.717) is 0 Å². The van der Waals surface area contributed by atoms with Gasteiger partial charge < -0.3 is 9.64 Å². The number of hydrogen-bond donors (Lipinski definition) is 0. The molecule has 1 aromatic carbocycles. The summed E-state index contributed by atoms with van der Waals surface area (Å²) in [7, 11) is 1.74. The van der Waals surface area contributed by atoms with E-state index in [2.05, 4.69) is 30.0 Å². The average molecular weight is 191 g/mol. The highest BCUT2D eigenvalue weighted by Crippen LogP contribution is 2.31. The molecule has 1 fully saturated rings. The first-order valence-corrected chi connectivity index (χ1v) is 5.21. The summed E-state index contributed by atoms with van der Waals surface area (Å²) in [6, 6.07) is 6.42. The topological polar surface area (TPSA) is 12.5 Å². The highest BCUT2D eigenvalue weighted by molar-refractivity contribution is 5.60. The number of ether oxygens (including phenoxy) is 1. The van der Waals surface area contributed by atoms with E-state index in [0.717, 1.165) is 5.75 Å². The summed E-state index contributed by atoms with van der Waals surface area (Å²) < 4.78 is 5.40. The van der Waals surface area contributed by atoms with Gasteiger partial charge in [-0.15, -0.1) is 0 Å². The second-order valence-electron chi connectivity index (χ2n) is 3.87. The van der Waals surface area contributed by atoms with Gasteiger partial charge in [-0.25, -0.2) is 0 Å². The van der Waals surface area contributed by atoms with Crippen molar-refractivity contribution in [3.63, 3.8) is 0 Å². The maximum Gasteiger partial charge on any atom is 0.142 e. The van der Waals surface area contributed by atoms with Crippen molar-refractivity contribution in [1.29, 1.82) is 0 Å². The van der Waals surface area contributed by atoms with Gasteiger partial charge in [0.05, 0.1) is 12.8 Å². The maximum atomic E-state index is 5.40. The van der Waals surface area contributed by atoms with Gasteiger partial charge in [-0.05, 0) is 37.5 Å². The van der Waals surface area contributed by atoms with Gasteiger partial charge in [0.15, 0.2) is 0 Å². The highest BCUT2D eigenvalue weighted by atomic mass is 16.5.